The van der Waals surface area contributed by atoms with Gasteiger partial charge in [-0.15, -0.1) is 11.8 Å². The predicted molar refractivity (Wildman–Crippen MR) is 101 cm³/mol. The Kier molecular flexibility index (Phi) is 4.89. The summed E-state index contributed by atoms with van der Waals surface area (Å²) in [6, 6.07) is 2.71. The smallest absolute Gasteiger partial charge is 0.220 e. The molecule has 26 heavy (non-hydrogen) atoms. The summed E-state index contributed by atoms with van der Waals surface area (Å²) < 4.78 is 25.5. The third-order valence-electron chi connectivity index (χ3n) is 3.97. The Balaban J connectivity index is 2.24. The van der Waals surface area contributed by atoms with Gasteiger partial charge in [0.15, 0.2) is 9.84 Å². The summed E-state index contributed by atoms with van der Waals surface area (Å²) in [6.45, 7) is 2.16. The molecule has 2 heterocycles. The largest absolute Gasteiger partial charge is 0.493 e. The van der Waals surface area contributed by atoms with E-state index >= 15 is 0 Å². The number of nitrogens with zero attached hydrogens (tertiary/aromatic N) is 3. The minimum absolute atomic E-state index is 0.00808. The highest BCUT2D eigenvalue weighted by atomic mass is 35.5. The number of sulfone groups is 1. The topological polar surface area (TPSA) is 102 Å². The standard InChI is InChI=1S/C16H16ClN3O4S2/c1-8-11(16(22)20(2)19-8)14(21)9-4-5-10(26(3,23)24)12(13(9)17)15-18-6-7-25-15/h4-5,22H,6-7H2,1-3H3. The van der Waals surface area contributed by atoms with Crippen molar-refractivity contribution in [3.05, 3.63) is 39.5 Å². The Labute approximate surface area is 160 Å². The molecule has 1 N–H and O–H groups in total. The van der Waals surface area contributed by atoms with E-state index in [1.807, 2.05) is 0 Å². The summed E-state index contributed by atoms with van der Waals surface area (Å²) in [5.41, 5.74) is 0.722. The molecule has 0 radical (unpaired) electrons. The van der Waals surface area contributed by atoms with Gasteiger partial charge in [-0.05, 0) is 19.1 Å². The van der Waals surface area contributed by atoms with Crippen molar-refractivity contribution in [1.29, 1.82) is 0 Å². The summed E-state index contributed by atoms with van der Waals surface area (Å²) >= 11 is 7.86. The molecule has 1 aliphatic heterocycles. The van der Waals surface area contributed by atoms with Gasteiger partial charge in [-0.2, -0.15) is 5.10 Å². The lowest BCUT2D eigenvalue weighted by Crippen LogP contribution is -2.11. The average molecular weight is 414 g/mol. The molecule has 0 saturated carbocycles. The Bertz CT molecular complexity index is 1060. The van der Waals surface area contributed by atoms with E-state index in [-0.39, 0.29) is 32.5 Å². The van der Waals surface area contributed by atoms with E-state index in [1.54, 1.807) is 6.92 Å². The number of aromatic nitrogens is 2. The number of aliphatic imine (C=N–C) groups is 1. The van der Waals surface area contributed by atoms with Gasteiger partial charge in [-0.1, -0.05) is 11.6 Å². The van der Waals surface area contributed by atoms with Crippen LogP contribution in [0.1, 0.15) is 27.2 Å². The fourth-order valence-corrected chi connectivity index (χ4v) is 5.09. The van der Waals surface area contributed by atoms with Gasteiger partial charge in [0, 0.05) is 36.7 Å². The molecular weight excluding hydrogens is 398 g/mol. The number of carbonyl (C=O) groups excluding carboxylic acids is 1. The summed E-state index contributed by atoms with van der Waals surface area (Å²) in [7, 11) is -2.05. The van der Waals surface area contributed by atoms with E-state index in [9.17, 15) is 18.3 Å². The third kappa shape index (κ3) is 3.15. The van der Waals surface area contributed by atoms with Crippen LogP contribution in [0, 0.1) is 6.92 Å². The normalized spacial score (nSPS) is 14.5. The van der Waals surface area contributed by atoms with Crippen molar-refractivity contribution in [1.82, 2.24) is 9.78 Å². The van der Waals surface area contributed by atoms with Crippen LogP contribution < -0.4 is 0 Å². The van der Waals surface area contributed by atoms with Crippen molar-refractivity contribution in [3.8, 4) is 5.88 Å². The van der Waals surface area contributed by atoms with E-state index in [4.69, 9.17) is 11.6 Å². The first kappa shape index (κ1) is 18.9. The monoisotopic (exact) mass is 413 g/mol. The number of thioether (sulfide) groups is 1. The molecule has 0 atom stereocenters. The molecule has 0 aliphatic carbocycles. The van der Waals surface area contributed by atoms with Crippen LogP contribution in [0.3, 0.4) is 0 Å². The first-order valence-corrected chi connectivity index (χ1v) is 10.9. The van der Waals surface area contributed by atoms with E-state index < -0.39 is 15.6 Å². The molecule has 10 heteroatoms. The molecular formula is C16H16ClN3O4S2. The van der Waals surface area contributed by atoms with Gasteiger partial charge >= 0.3 is 0 Å². The first-order chi connectivity index (χ1) is 12.1. The molecule has 3 rings (SSSR count). The number of benzene rings is 1. The molecule has 1 aromatic heterocycles. The zero-order chi connectivity index (χ0) is 19.2. The number of rotatable bonds is 4. The third-order valence-corrected chi connectivity index (χ3v) is 6.49. The predicted octanol–water partition coefficient (Wildman–Crippen LogP) is 2.22. The summed E-state index contributed by atoms with van der Waals surface area (Å²) in [4.78, 5) is 17.3. The lowest BCUT2D eigenvalue weighted by atomic mass is 10.0. The number of aromatic hydroxyl groups is 1. The van der Waals surface area contributed by atoms with Crippen LogP contribution in [-0.2, 0) is 16.9 Å². The van der Waals surface area contributed by atoms with Gasteiger partial charge in [-0.25, -0.2) is 13.1 Å². The van der Waals surface area contributed by atoms with Crippen LogP contribution >= 0.6 is 23.4 Å². The minimum Gasteiger partial charge on any atom is -0.493 e. The fourth-order valence-electron chi connectivity index (χ4n) is 2.77. The number of hydrogen-bond acceptors (Lipinski definition) is 7. The van der Waals surface area contributed by atoms with E-state index in [0.29, 0.717) is 17.3 Å². The van der Waals surface area contributed by atoms with Crippen molar-refractivity contribution in [3.63, 3.8) is 0 Å². The highest BCUT2D eigenvalue weighted by molar-refractivity contribution is 8.14. The lowest BCUT2D eigenvalue weighted by molar-refractivity contribution is 0.103. The molecule has 0 fully saturated rings. The van der Waals surface area contributed by atoms with Crippen LogP contribution in [0.25, 0.3) is 0 Å². The van der Waals surface area contributed by atoms with Crippen LogP contribution in [-0.4, -0.2) is 52.7 Å². The fraction of sp³-hybridized carbons (Fsp3) is 0.312. The average Bonchev–Trinajstić information content (AvgIpc) is 3.14. The molecule has 1 aromatic carbocycles. The summed E-state index contributed by atoms with van der Waals surface area (Å²) in [5.74, 6) is -0.0805. The second-order valence-corrected chi connectivity index (χ2v) is 9.29. The Hall–Kier alpha value is -1.84. The highest BCUT2D eigenvalue weighted by Gasteiger charge is 2.29. The number of ketones is 1. The zero-order valence-corrected chi connectivity index (χ0v) is 16.7. The van der Waals surface area contributed by atoms with Crippen molar-refractivity contribution < 1.29 is 18.3 Å². The zero-order valence-electron chi connectivity index (χ0n) is 14.3. The van der Waals surface area contributed by atoms with Gasteiger partial charge in [0.2, 0.25) is 11.7 Å². The van der Waals surface area contributed by atoms with Crippen molar-refractivity contribution in [2.24, 2.45) is 12.0 Å². The number of aryl methyl sites for hydroxylation is 2. The maximum atomic E-state index is 13.0. The molecule has 0 unspecified atom stereocenters. The van der Waals surface area contributed by atoms with Crippen LogP contribution in [0.2, 0.25) is 5.02 Å². The van der Waals surface area contributed by atoms with Gasteiger partial charge in [0.25, 0.3) is 0 Å². The summed E-state index contributed by atoms with van der Waals surface area (Å²) in [5, 5.41) is 14.6. The minimum atomic E-state index is -3.57. The van der Waals surface area contributed by atoms with E-state index in [2.05, 4.69) is 10.1 Å². The van der Waals surface area contributed by atoms with E-state index in [0.717, 1.165) is 12.0 Å². The van der Waals surface area contributed by atoms with Crippen LogP contribution in [0.4, 0.5) is 0 Å². The SMILES string of the molecule is Cc1nn(C)c(O)c1C(=O)c1ccc(S(C)(=O)=O)c(C2=NCCS2)c1Cl. The van der Waals surface area contributed by atoms with Crippen LogP contribution in [0.15, 0.2) is 22.0 Å². The molecule has 138 valence electrons. The molecule has 0 bridgehead atoms. The molecule has 0 spiro atoms. The number of halogens is 1. The molecule has 0 saturated heterocycles. The lowest BCUT2D eigenvalue weighted by Gasteiger charge is -2.13. The maximum absolute atomic E-state index is 13.0. The van der Waals surface area contributed by atoms with E-state index in [1.165, 1.54) is 35.6 Å². The second-order valence-electron chi connectivity index (χ2n) is 5.84. The Morgan fingerprint density at radius 3 is 2.58 bits per heavy atom. The molecule has 1 aliphatic rings. The van der Waals surface area contributed by atoms with Gasteiger partial charge in [0.1, 0.15) is 10.6 Å². The number of carbonyl (C=O) groups is 1. The first-order valence-electron chi connectivity index (χ1n) is 7.60. The number of hydrogen-bond donors (Lipinski definition) is 1. The van der Waals surface area contributed by atoms with Crippen molar-refractivity contribution in [2.75, 3.05) is 18.6 Å². The maximum Gasteiger partial charge on any atom is 0.220 e. The van der Waals surface area contributed by atoms with Gasteiger partial charge < -0.3 is 5.11 Å². The Morgan fingerprint density at radius 1 is 1.38 bits per heavy atom. The summed E-state index contributed by atoms with van der Waals surface area (Å²) in [6.07, 6.45) is 1.08. The quantitative estimate of drug-likeness (QED) is 0.771. The second kappa shape index (κ2) is 6.71. The molecule has 7 nitrogen and oxygen atoms in total. The van der Waals surface area contributed by atoms with Gasteiger partial charge in [0.05, 0.1) is 15.6 Å². The Morgan fingerprint density at radius 2 is 2.08 bits per heavy atom. The van der Waals surface area contributed by atoms with Crippen molar-refractivity contribution >= 4 is 44.0 Å². The molecule has 0 amide bonds. The van der Waals surface area contributed by atoms with Crippen molar-refractivity contribution in [2.45, 2.75) is 11.8 Å². The van der Waals surface area contributed by atoms with Crippen LogP contribution in [0.5, 0.6) is 5.88 Å². The highest BCUT2D eigenvalue weighted by Crippen LogP contribution is 2.35. The van der Waals surface area contributed by atoms with Gasteiger partial charge in [-0.3, -0.25) is 9.79 Å². The molecule has 2 aromatic rings.